The first-order valence-electron chi connectivity index (χ1n) is 7.62. The van der Waals surface area contributed by atoms with Gasteiger partial charge in [0.2, 0.25) is 5.91 Å². The zero-order valence-electron chi connectivity index (χ0n) is 14.2. The van der Waals surface area contributed by atoms with E-state index in [9.17, 15) is 14.9 Å². The molecule has 0 saturated heterocycles. The molecule has 0 spiro atoms. The molecule has 0 unspecified atom stereocenters. The molecule has 6 nitrogen and oxygen atoms in total. The Bertz CT molecular complexity index is 847. The molecular formula is C17H20N4O2S. The number of carbonyl (C=O) groups is 1. The summed E-state index contributed by atoms with van der Waals surface area (Å²) in [6.45, 7) is 7.14. The van der Waals surface area contributed by atoms with E-state index in [0.717, 1.165) is 14.4 Å². The maximum absolute atomic E-state index is 12.2. The van der Waals surface area contributed by atoms with E-state index in [4.69, 9.17) is 0 Å². The maximum Gasteiger partial charge on any atom is 0.267 e. The summed E-state index contributed by atoms with van der Waals surface area (Å²) in [6.07, 6.45) is 0. The van der Waals surface area contributed by atoms with Crippen LogP contribution in [0.15, 0.2) is 29.1 Å². The predicted molar refractivity (Wildman–Crippen MR) is 93.5 cm³/mol. The van der Waals surface area contributed by atoms with E-state index in [1.165, 1.54) is 6.07 Å². The van der Waals surface area contributed by atoms with Gasteiger partial charge < -0.3 is 5.32 Å². The van der Waals surface area contributed by atoms with Crippen LogP contribution in [-0.2, 0) is 11.3 Å². The van der Waals surface area contributed by atoms with Gasteiger partial charge in [0.1, 0.15) is 17.8 Å². The highest BCUT2D eigenvalue weighted by atomic mass is 32.1. The van der Waals surface area contributed by atoms with Gasteiger partial charge in [-0.15, -0.1) is 11.3 Å². The van der Waals surface area contributed by atoms with Gasteiger partial charge in [-0.1, -0.05) is 13.8 Å². The maximum atomic E-state index is 12.2. The minimum absolute atomic E-state index is 0.0587. The van der Waals surface area contributed by atoms with Gasteiger partial charge >= 0.3 is 0 Å². The summed E-state index contributed by atoms with van der Waals surface area (Å²) in [4.78, 5) is 26.3. The smallest absolute Gasteiger partial charge is 0.267 e. The van der Waals surface area contributed by atoms with Crippen LogP contribution in [0, 0.1) is 24.2 Å². The highest BCUT2D eigenvalue weighted by Crippen LogP contribution is 2.25. The summed E-state index contributed by atoms with van der Waals surface area (Å²) < 4.78 is 1.12. The van der Waals surface area contributed by atoms with Gasteiger partial charge in [-0.3, -0.25) is 9.59 Å². The van der Waals surface area contributed by atoms with Crippen LogP contribution in [0.25, 0.3) is 10.6 Å². The molecule has 1 atom stereocenters. The topological polar surface area (TPSA) is 87.8 Å². The zero-order valence-corrected chi connectivity index (χ0v) is 15.0. The SMILES string of the molecule is Cc1ccc(-c2ccc(=O)n(CC(=O)N[C@](C)(C#N)C(C)C)n2)s1. The molecule has 0 saturated carbocycles. The van der Waals surface area contributed by atoms with E-state index < -0.39 is 11.4 Å². The fraction of sp³-hybridized carbons (Fsp3) is 0.412. The third kappa shape index (κ3) is 3.89. The highest BCUT2D eigenvalue weighted by Gasteiger charge is 2.30. The van der Waals surface area contributed by atoms with Crippen LogP contribution in [0.5, 0.6) is 0 Å². The van der Waals surface area contributed by atoms with Gasteiger partial charge in [0.25, 0.3) is 5.56 Å². The number of hydrogen-bond donors (Lipinski definition) is 1. The second-order valence-electron chi connectivity index (χ2n) is 6.14. The predicted octanol–water partition coefficient (Wildman–Crippen LogP) is 2.33. The number of rotatable bonds is 5. The second-order valence-corrected chi connectivity index (χ2v) is 7.43. The Hall–Kier alpha value is -2.46. The van der Waals surface area contributed by atoms with Crippen LogP contribution >= 0.6 is 11.3 Å². The molecule has 1 amide bonds. The summed E-state index contributed by atoms with van der Waals surface area (Å²) in [5.74, 6) is -0.474. The monoisotopic (exact) mass is 344 g/mol. The average molecular weight is 344 g/mol. The van der Waals surface area contributed by atoms with E-state index in [0.29, 0.717) is 5.69 Å². The third-order valence-electron chi connectivity index (χ3n) is 3.94. The van der Waals surface area contributed by atoms with Crippen molar-refractivity contribution in [3.8, 4) is 16.6 Å². The van der Waals surface area contributed by atoms with Gasteiger partial charge in [-0.05, 0) is 38.0 Å². The molecule has 0 aromatic carbocycles. The number of amides is 1. The first-order chi connectivity index (χ1) is 11.2. The summed E-state index contributed by atoms with van der Waals surface area (Å²) in [7, 11) is 0. The third-order valence-corrected chi connectivity index (χ3v) is 4.96. The molecule has 0 fully saturated rings. The molecule has 1 N–H and O–H groups in total. The minimum atomic E-state index is -0.983. The van der Waals surface area contributed by atoms with Crippen molar-refractivity contribution in [1.82, 2.24) is 15.1 Å². The van der Waals surface area contributed by atoms with Gasteiger partial charge in [-0.25, -0.2) is 4.68 Å². The quantitative estimate of drug-likeness (QED) is 0.902. The van der Waals surface area contributed by atoms with Crippen LogP contribution in [-0.4, -0.2) is 21.2 Å². The Kier molecular flexibility index (Phi) is 5.20. The fourth-order valence-electron chi connectivity index (χ4n) is 2.03. The Labute approximate surface area is 144 Å². The summed E-state index contributed by atoms with van der Waals surface area (Å²) >= 11 is 1.57. The molecule has 0 aliphatic carbocycles. The lowest BCUT2D eigenvalue weighted by atomic mass is 9.90. The molecule has 126 valence electrons. The summed E-state index contributed by atoms with van der Waals surface area (Å²) in [5.41, 5.74) is -0.693. The van der Waals surface area contributed by atoms with Gasteiger partial charge in [0.15, 0.2) is 0 Å². The highest BCUT2D eigenvalue weighted by molar-refractivity contribution is 7.15. The number of aromatic nitrogens is 2. The van der Waals surface area contributed by atoms with Crippen LogP contribution in [0.3, 0.4) is 0 Å². The molecule has 2 heterocycles. The molecule has 0 radical (unpaired) electrons. The van der Waals surface area contributed by atoms with Crippen molar-refractivity contribution >= 4 is 17.2 Å². The largest absolute Gasteiger partial charge is 0.336 e. The molecule has 7 heteroatoms. The van der Waals surface area contributed by atoms with E-state index in [1.54, 1.807) is 24.3 Å². The summed E-state index contributed by atoms with van der Waals surface area (Å²) in [5, 5.41) is 16.2. The van der Waals surface area contributed by atoms with Crippen LogP contribution in [0.2, 0.25) is 0 Å². The Balaban J connectivity index is 2.22. The van der Waals surface area contributed by atoms with Crippen LogP contribution in [0.1, 0.15) is 25.6 Å². The number of carbonyl (C=O) groups excluding carboxylic acids is 1. The Morgan fingerprint density at radius 2 is 2.12 bits per heavy atom. The standard InChI is InChI=1S/C17H20N4O2S/c1-11(2)17(4,10-18)19-15(22)9-21-16(23)8-6-13(20-21)14-7-5-12(3)24-14/h5-8,11H,9H2,1-4H3,(H,19,22)/t17-/m1/s1. The van der Waals surface area contributed by atoms with E-state index >= 15 is 0 Å². The van der Waals surface area contributed by atoms with Gasteiger partial charge in [0, 0.05) is 10.9 Å². The van der Waals surface area contributed by atoms with Gasteiger partial charge in [-0.2, -0.15) is 10.4 Å². The fourth-order valence-corrected chi connectivity index (χ4v) is 2.86. The lowest BCUT2D eigenvalue weighted by Gasteiger charge is -2.27. The summed E-state index contributed by atoms with van der Waals surface area (Å²) in [6, 6.07) is 9.07. The minimum Gasteiger partial charge on any atom is -0.336 e. The average Bonchev–Trinajstić information content (AvgIpc) is 2.95. The van der Waals surface area contributed by atoms with Crippen LogP contribution < -0.4 is 10.9 Å². The number of nitrogens with one attached hydrogen (secondary N) is 1. The molecule has 0 aliphatic heterocycles. The lowest BCUT2D eigenvalue weighted by molar-refractivity contribution is -0.123. The molecule has 0 bridgehead atoms. The number of hydrogen-bond acceptors (Lipinski definition) is 5. The van der Waals surface area contributed by atoms with E-state index in [1.807, 2.05) is 32.9 Å². The van der Waals surface area contributed by atoms with Gasteiger partial charge in [0.05, 0.1) is 10.9 Å². The first kappa shape index (κ1) is 17.9. The zero-order chi connectivity index (χ0) is 17.9. The second kappa shape index (κ2) is 6.97. The Morgan fingerprint density at radius 3 is 2.67 bits per heavy atom. The van der Waals surface area contributed by atoms with Crippen molar-refractivity contribution in [2.75, 3.05) is 0 Å². The number of nitrogens with zero attached hydrogens (tertiary/aromatic N) is 3. The van der Waals surface area contributed by atoms with Crippen molar-refractivity contribution < 1.29 is 4.79 Å². The van der Waals surface area contributed by atoms with Crippen molar-refractivity contribution in [3.05, 3.63) is 39.5 Å². The molecular weight excluding hydrogens is 324 g/mol. The van der Waals surface area contributed by atoms with Crippen molar-refractivity contribution in [3.63, 3.8) is 0 Å². The van der Waals surface area contributed by atoms with E-state index in [-0.39, 0.29) is 18.0 Å². The van der Waals surface area contributed by atoms with Crippen molar-refractivity contribution in [1.29, 1.82) is 5.26 Å². The number of nitriles is 1. The molecule has 2 aromatic rings. The molecule has 0 aliphatic rings. The van der Waals surface area contributed by atoms with Crippen molar-refractivity contribution in [2.45, 2.75) is 39.8 Å². The number of aryl methyl sites for hydroxylation is 1. The Morgan fingerprint density at radius 1 is 1.42 bits per heavy atom. The first-order valence-corrected chi connectivity index (χ1v) is 8.44. The van der Waals surface area contributed by atoms with Crippen LogP contribution in [0.4, 0.5) is 0 Å². The normalized spacial score (nSPS) is 13.3. The molecule has 2 aromatic heterocycles. The van der Waals surface area contributed by atoms with Crippen molar-refractivity contribution in [2.24, 2.45) is 5.92 Å². The number of thiophene rings is 1. The molecule has 24 heavy (non-hydrogen) atoms. The molecule has 2 rings (SSSR count). The lowest BCUT2D eigenvalue weighted by Crippen LogP contribution is -2.50. The van der Waals surface area contributed by atoms with E-state index in [2.05, 4.69) is 16.5 Å².